The van der Waals surface area contributed by atoms with E-state index in [0.717, 1.165) is 4.31 Å². The molecule has 27 heavy (non-hydrogen) atoms. The van der Waals surface area contributed by atoms with Gasteiger partial charge in [0.2, 0.25) is 10.0 Å². The van der Waals surface area contributed by atoms with E-state index in [1.54, 1.807) is 6.07 Å². The fourth-order valence-corrected chi connectivity index (χ4v) is 5.07. The molecule has 1 aromatic heterocycles. The zero-order valence-corrected chi connectivity index (χ0v) is 15.8. The van der Waals surface area contributed by atoms with Crippen LogP contribution in [0.15, 0.2) is 33.7 Å². The van der Waals surface area contributed by atoms with Gasteiger partial charge in [0.05, 0.1) is 13.7 Å². The lowest BCUT2D eigenvalue weighted by Crippen LogP contribution is -2.41. The molecule has 8 nitrogen and oxygen atoms in total. The molecule has 1 aromatic carbocycles. The molecule has 1 aliphatic rings. The smallest absolute Gasteiger partial charge is 0.324 e. The first-order chi connectivity index (χ1) is 12.8. The minimum atomic E-state index is -4.09. The molecule has 0 aliphatic carbocycles. The Morgan fingerprint density at radius 1 is 1.33 bits per heavy atom. The summed E-state index contributed by atoms with van der Waals surface area (Å²) in [5.74, 6) is -1.18. The Bertz CT molecular complexity index is 939. The SMILES string of the molecule is COC(=O)C1CC(Oc2ccccc2F)CN1S(=O)(=O)c1c(C)noc1C. The molecular weight excluding hydrogens is 379 g/mol. The predicted molar refractivity (Wildman–Crippen MR) is 91.1 cm³/mol. The molecule has 0 saturated carbocycles. The summed E-state index contributed by atoms with van der Waals surface area (Å²) in [6.07, 6.45) is -0.690. The molecular formula is C17H19FN2O6S. The molecule has 2 unspecified atom stereocenters. The van der Waals surface area contributed by atoms with E-state index < -0.39 is 34.0 Å². The van der Waals surface area contributed by atoms with Gasteiger partial charge in [0.1, 0.15) is 22.7 Å². The average molecular weight is 398 g/mol. The van der Waals surface area contributed by atoms with E-state index in [1.165, 1.54) is 39.2 Å². The number of ether oxygens (including phenoxy) is 2. The van der Waals surface area contributed by atoms with E-state index >= 15 is 0 Å². The maximum absolute atomic E-state index is 13.9. The van der Waals surface area contributed by atoms with Crippen molar-refractivity contribution in [3.05, 3.63) is 41.5 Å². The van der Waals surface area contributed by atoms with E-state index in [9.17, 15) is 17.6 Å². The van der Waals surface area contributed by atoms with Gasteiger partial charge < -0.3 is 14.0 Å². The largest absolute Gasteiger partial charge is 0.486 e. The van der Waals surface area contributed by atoms with Gasteiger partial charge in [-0.2, -0.15) is 4.31 Å². The molecule has 1 fully saturated rings. The number of carbonyl (C=O) groups is 1. The molecule has 2 atom stereocenters. The number of aromatic nitrogens is 1. The summed E-state index contributed by atoms with van der Waals surface area (Å²) in [6.45, 7) is 2.84. The number of para-hydroxylation sites is 1. The highest BCUT2D eigenvalue weighted by atomic mass is 32.2. The number of carbonyl (C=O) groups excluding carboxylic acids is 1. The van der Waals surface area contributed by atoms with Crippen LogP contribution in [0.4, 0.5) is 4.39 Å². The molecule has 0 bridgehead atoms. The number of hydrogen-bond donors (Lipinski definition) is 0. The Morgan fingerprint density at radius 3 is 2.63 bits per heavy atom. The van der Waals surface area contributed by atoms with Gasteiger partial charge in [-0.15, -0.1) is 0 Å². The zero-order chi connectivity index (χ0) is 19.8. The van der Waals surface area contributed by atoms with Gasteiger partial charge in [0, 0.05) is 6.42 Å². The van der Waals surface area contributed by atoms with E-state index in [4.69, 9.17) is 14.0 Å². The second-order valence-electron chi connectivity index (χ2n) is 6.17. The van der Waals surface area contributed by atoms with Crippen molar-refractivity contribution >= 4 is 16.0 Å². The van der Waals surface area contributed by atoms with Crippen molar-refractivity contribution in [2.45, 2.75) is 37.3 Å². The summed E-state index contributed by atoms with van der Waals surface area (Å²) in [4.78, 5) is 12.1. The Hall–Kier alpha value is -2.46. The Labute approximate surface area is 155 Å². The van der Waals surface area contributed by atoms with E-state index in [0.29, 0.717) is 0 Å². The van der Waals surface area contributed by atoms with Gasteiger partial charge in [-0.25, -0.2) is 12.8 Å². The fraction of sp³-hybridized carbons (Fsp3) is 0.412. The first-order valence-corrected chi connectivity index (χ1v) is 9.63. The van der Waals surface area contributed by atoms with Crippen LogP contribution in [-0.4, -0.2) is 49.6 Å². The van der Waals surface area contributed by atoms with Gasteiger partial charge >= 0.3 is 5.97 Å². The summed E-state index contributed by atoms with van der Waals surface area (Å²) < 4.78 is 56.4. The number of benzene rings is 1. The van der Waals surface area contributed by atoms with Crippen molar-refractivity contribution in [2.24, 2.45) is 0 Å². The van der Waals surface area contributed by atoms with Crippen LogP contribution in [0.2, 0.25) is 0 Å². The minimum absolute atomic E-state index is 0.0114. The third-order valence-corrected chi connectivity index (χ3v) is 6.48. The molecule has 0 spiro atoms. The van der Waals surface area contributed by atoms with Gasteiger partial charge in [-0.05, 0) is 26.0 Å². The minimum Gasteiger partial charge on any atom is -0.486 e. The third kappa shape index (κ3) is 3.54. The summed E-state index contributed by atoms with van der Waals surface area (Å²) in [7, 11) is -2.92. The molecule has 10 heteroatoms. The standard InChI is InChI=1S/C17H19FN2O6S/c1-10-16(11(2)26-19-10)27(22,23)20-9-12(8-14(20)17(21)24-3)25-15-7-5-4-6-13(15)18/h4-7,12,14H,8-9H2,1-3H3. The molecule has 1 saturated heterocycles. The predicted octanol–water partition coefficient (Wildman–Crippen LogP) is 1.81. The molecule has 0 N–H and O–H groups in total. The molecule has 0 radical (unpaired) electrons. The van der Waals surface area contributed by atoms with E-state index in [2.05, 4.69) is 5.16 Å². The molecule has 0 amide bonds. The summed E-state index contributed by atoms with van der Waals surface area (Å²) >= 11 is 0. The highest BCUT2D eigenvalue weighted by Crippen LogP contribution is 2.32. The first-order valence-electron chi connectivity index (χ1n) is 8.19. The van der Waals surface area contributed by atoms with Crippen LogP contribution in [0, 0.1) is 19.7 Å². The monoisotopic (exact) mass is 398 g/mol. The Balaban J connectivity index is 1.93. The van der Waals surface area contributed by atoms with Gasteiger partial charge in [-0.1, -0.05) is 17.3 Å². The molecule has 1 aliphatic heterocycles. The fourth-order valence-electron chi connectivity index (χ4n) is 3.15. The Kier molecular flexibility index (Phi) is 5.20. The zero-order valence-electron chi connectivity index (χ0n) is 15.0. The number of halogens is 1. The van der Waals surface area contributed by atoms with Crippen LogP contribution < -0.4 is 4.74 Å². The van der Waals surface area contributed by atoms with Crippen LogP contribution in [0.25, 0.3) is 0 Å². The molecule has 2 aromatic rings. The van der Waals surface area contributed by atoms with Crippen molar-refractivity contribution in [1.82, 2.24) is 9.46 Å². The van der Waals surface area contributed by atoms with Crippen LogP contribution in [-0.2, 0) is 19.6 Å². The van der Waals surface area contributed by atoms with Gasteiger partial charge in [0.15, 0.2) is 17.3 Å². The number of esters is 1. The van der Waals surface area contributed by atoms with Crippen LogP contribution in [0.5, 0.6) is 5.75 Å². The van der Waals surface area contributed by atoms with Crippen molar-refractivity contribution < 1.29 is 31.6 Å². The summed E-state index contributed by atoms with van der Waals surface area (Å²) in [5, 5.41) is 3.66. The van der Waals surface area contributed by atoms with Crippen molar-refractivity contribution in [2.75, 3.05) is 13.7 Å². The van der Waals surface area contributed by atoms with E-state index in [-0.39, 0.29) is 35.1 Å². The lowest BCUT2D eigenvalue weighted by atomic mass is 10.2. The lowest BCUT2D eigenvalue weighted by Gasteiger charge is -2.21. The number of nitrogens with zero attached hydrogens (tertiary/aromatic N) is 2. The normalized spacial score (nSPS) is 20.6. The second kappa shape index (κ2) is 7.28. The molecule has 146 valence electrons. The van der Waals surface area contributed by atoms with Crippen LogP contribution in [0.3, 0.4) is 0 Å². The number of hydrogen-bond acceptors (Lipinski definition) is 7. The maximum atomic E-state index is 13.9. The first kappa shape index (κ1) is 19.3. The van der Waals surface area contributed by atoms with Crippen molar-refractivity contribution in [3.8, 4) is 5.75 Å². The van der Waals surface area contributed by atoms with Crippen molar-refractivity contribution in [3.63, 3.8) is 0 Å². The topological polar surface area (TPSA) is 98.9 Å². The summed E-state index contributed by atoms with van der Waals surface area (Å²) in [5.41, 5.74) is 0.189. The average Bonchev–Trinajstić information content (AvgIpc) is 3.20. The maximum Gasteiger partial charge on any atom is 0.324 e. The van der Waals surface area contributed by atoms with Crippen molar-refractivity contribution in [1.29, 1.82) is 0 Å². The number of methoxy groups -OCH3 is 1. The lowest BCUT2D eigenvalue weighted by molar-refractivity contribution is -0.144. The third-order valence-electron chi connectivity index (χ3n) is 4.36. The number of rotatable bonds is 5. The quantitative estimate of drug-likeness (QED) is 0.708. The number of aryl methyl sites for hydroxylation is 2. The number of sulfonamides is 1. The van der Waals surface area contributed by atoms with E-state index in [1.807, 2.05) is 0 Å². The highest BCUT2D eigenvalue weighted by Gasteiger charge is 2.47. The van der Waals surface area contributed by atoms with Gasteiger partial charge in [-0.3, -0.25) is 4.79 Å². The second-order valence-corrected chi connectivity index (χ2v) is 8.00. The molecule has 3 rings (SSSR count). The van der Waals surface area contributed by atoms with Gasteiger partial charge in [0.25, 0.3) is 0 Å². The van der Waals surface area contributed by atoms with Crippen LogP contribution >= 0.6 is 0 Å². The van der Waals surface area contributed by atoms with Crippen LogP contribution in [0.1, 0.15) is 17.9 Å². The highest BCUT2D eigenvalue weighted by molar-refractivity contribution is 7.89. The Morgan fingerprint density at radius 2 is 2.04 bits per heavy atom. The molecule has 2 heterocycles. The summed E-state index contributed by atoms with van der Waals surface area (Å²) in [6, 6.07) is 4.70.